The predicted octanol–water partition coefficient (Wildman–Crippen LogP) is 5.30. The van der Waals surface area contributed by atoms with Gasteiger partial charge in [-0.15, -0.1) is 0 Å². The lowest BCUT2D eigenvalue weighted by molar-refractivity contribution is 0.601. The maximum atomic E-state index is 12.7. The lowest BCUT2D eigenvalue weighted by atomic mass is 10.1. The maximum Gasteiger partial charge on any atom is 0.261 e. The third kappa shape index (κ3) is 5.07. The Labute approximate surface area is 182 Å². The summed E-state index contributed by atoms with van der Waals surface area (Å²) in [7, 11) is -3.67. The van der Waals surface area contributed by atoms with Crippen LogP contribution in [0.15, 0.2) is 89.8 Å². The number of nitrogens with one attached hydrogen (secondary N) is 2. The molecule has 0 unspecified atom stereocenters. The Kier molecular flexibility index (Phi) is 5.68. The Hall–Kier alpha value is -3.71. The normalized spacial score (nSPS) is 11.2. The summed E-state index contributed by atoms with van der Waals surface area (Å²) in [6.07, 6.45) is 0. The number of anilines is 3. The van der Waals surface area contributed by atoms with Crippen LogP contribution in [0.25, 0.3) is 11.3 Å². The fourth-order valence-corrected chi connectivity index (χ4v) is 4.18. The number of rotatable bonds is 6. The van der Waals surface area contributed by atoms with Gasteiger partial charge in [-0.2, -0.15) is 0 Å². The van der Waals surface area contributed by atoms with E-state index in [9.17, 15) is 8.42 Å². The van der Waals surface area contributed by atoms with Crippen LogP contribution in [-0.2, 0) is 10.0 Å². The highest BCUT2D eigenvalue weighted by molar-refractivity contribution is 7.92. The monoisotopic (exact) mass is 430 g/mol. The molecule has 3 aromatic carbocycles. The molecule has 4 rings (SSSR count). The molecule has 0 amide bonds. The zero-order chi connectivity index (χ0) is 21.8. The van der Waals surface area contributed by atoms with E-state index in [1.165, 1.54) is 0 Å². The molecule has 156 valence electrons. The molecule has 1 heterocycles. The van der Waals surface area contributed by atoms with Gasteiger partial charge in [0.05, 0.1) is 16.3 Å². The van der Waals surface area contributed by atoms with E-state index >= 15 is 0 Å². The SMILES string of the molecule is Cc1ccc(S(=O)(=O)Nc2cccc(Nc3cc(-c4ccccc4)nc(C)n3)c2)cc1. The number of aryl methyl sites for hydroxylation is 2. The first kappa shape index (κ1) is 20.6. The molecule has 2 N–H and O–H groups in total. The summed E-state index contributed by atoms with van der Waals surface area (Å²) in [6, 6.07) is 25.5. The van der Waals surface area contributed by atoms with E-state index in [4.69, 9.17) is 0 Å². The van der Waals surface area contributed by atoms with E-state index < -0.39 is 10.0 Å². The second kappa shape index (κ2) is 8.57. The van der Waals surface area contributed by atoms with Crippen molar-refractivity contribution in [1.29, 1.82) is 0 Å². The van der Waals surface area contributed by atoms with Crippen molar-refractivity contribution in [2.75, 3.05) is 10.0 Å². The van der Waals surface area contributed by atoms with Crippen LogP contribution < -0.4 is 10.0 Å². The Morgan fingerprint density at radius 2 is 1.45 bits per heavy atom. The second-order valence-electron chi connectivity index (χ2n) is 7.18. The summed E-state index contributed by atoms with van der Waals surface area (Å²) >= 11 is 0. The van der Waals surface area contributed by atoms with Gasteiger partial charge in [0.2, 0.25) is 0 Å². The molecule has 6 nitrogen and oxygen atoms in total. The topological polar surface area (TPSA) is 84.0 Å². The Balaban J connectivity index is 1.57. The highest BCUT2D eigenvalue weighted by Crippen LogP contribution is 2.24. The van der Waals surface area contributed by atoms with Crippen molar-refractivity contribution >= 4 is 27.2 Å². The quantitative estimate of drug-likeness (QED) is 0.433. The molecular weight excluding hydrogens is 408 g/mol. The standard InChI is InChI=1S/C24H22N4O2S/c1-17-11-13-22(14-12-17)31(29,30)28-21-10-6-9-20(15-21)27-24-16-23(25-18(2)26-24)19-7-4-3-5-8-19/h3-16,28H,1-2H3,(H,25,26,27). The summed E-state index contributed by atoms with van der Waals surface area (Å²) in [4.78, 5) is 9.18. The molecule has 1 aromatic heterocycles. The highest BCUT2D eigenvalue weighted by Gasteiger charge is 2.14. The van der Waals surface area contributed by atoms with Gasteiger partial charge in [-0.3, -0.25) is 4.72 Å². The van der Waals surface area contributed by atoms with E-state index in [2.05, 4.69) is 20.0 Å². The molecular formula is C24H22N4O2S. The molecule has 4 aromatic rings. The summed E-state index contributed by atoms with van der Waals surface area (Å²) in [6.45, 7) is 3.75. The van der Waals surface area contributed by atoms with Crippen LogP contribution in [0.4, 0.5) is 17.2 Å². The number of aromatic nitrogens is 2. The largest absolute Gasteiger partial charge is 0.340 e. The van der Waals surface area contributed by atoms with Crippen LogP contribution in [0.5, 0.6) is 0 Å². The van der Waals surface area contributed by atoms with E-state index in [0.29, 0.717) is 23.0 Å². The minimum Gasteiger partial charge on any atom is -0.340 e. The number of hydrogen-bond donors (Lipinski definition) is 2. The molecule has 0 saturated carbocycles. The molecule has 0 fully saturated rings. The molecule has 0 bridgehead atoms. The summed E-state index contributed by atoms with van der Waals surface area (Å²) in [5.41, 5.74) is 3.98. The van der Waals surface area contributed by atoms with Crippen LogP contribution in [-0.4, -0.2) is 18.4 Å². The van der Waals surface area contributed by atoms with Gasteiger partial charge in [0.1, 0.15) is 11.6 Å². The van der Waals surface area contributed by atoms with Gasteiger partial charge in [-0.25, -0.2) is 18.4 Å². The van der Waals surface area contributed by atoms with Gasteiger partial charge in [-0.05, 0) is 44.2 Å². The second-order valence-corrected chi connectivity index (χ2v) is 8.86. The first-order chi connectivity index (χ1) is 14.9. The van der Waals surface area contributed by atoms with Gasteiger partial charge >= 0.3 is 0 Å². The average Bonchev–Trinajstić information content (AvgIpc) is 2.74. The maximum absolute atomic E-state index is 12.7. The van der Waals surface area contributed by atoms with Crippen molar-refractivity contribution in [3.05, 3.63) is 96.3 Å². The zero-order valence-electron chi connectivity index (χ0n) is 17.2. The van der Waals surface area contributed by atoms with E-state index in [0.717, 1.165) is 16.8 Å². The van der Waals surface area contributed by atoms with Crippen LogP contribution in [0.1, 0.15) is 11.4 Å². The first-order valence-corrected chi connectivity index (χ1v) is 11.2. The van der Waals surface area contributed by atoms with Crippen molar-refractivity contribution in [2.45, 2.75) is 18.7 Å². The van der Waals surface area contributed by atoms with Crippen molar-refractivity contribution in [2.24, 2.45) is 0 Å². The lowest BCUT2D eigenvalue weighted by Gasteiger charge is -2.12. The van der Waals surface area contributed by atoms with E-state index in [1.807, 2.05) is 56.3 Å². The summed E-state index contributed by atoms with van der Waals surface area (Å²) in [5, 5.41) is 3.24. The van der Waals surface area contributed by atoms with Crippen LogP contribution >= 0.6 is 0 Å². The van der Waals surface area contributed by atoms with Crippen molar-refractivity contribution in [3.63, 3.8) is 0 Å². The minimum atomic E-state index is -3.67. The van der Waals surface area contributed by atoms with Crippen molar-refractivity contribution < 1.29 is 8.42 Å². The average molecular weight is 431 g/mol. The van der Waals surface area contributed by atoms with Gasteiger partial charge in [-0.1, -0.05) is 54.1 Å². The van der Waals surface area contributed by atoms with Gasteiger partial charge in [0.15, 0.2) is 0 Å². The Bertz CT molecular complexity index is 1310. The molecule has 7 heteroatoms. The van der Waals surface area contributed by atoms with Gasteiger partial charge in [0, 0.05) is 17.3 Å². The third-order valence-corrected chi connectivity index (χ3v) is 6.02. The molecule has 0 radical (unpaired) electrons. The number of hydrogen-bond acceptors (Lipinski definition) is 5. The van der Waals surface area contributed by atoms with Crippen LogP contribution in [0, 0.1) is 13.8 Å². The van der Waals surface area contributed by atoms with Crippen LogP contribution in [0.3, 0.4) is 0 Å². The highest BCUT2D eigenvalue weighted by atomic mass is 32.2. The van der Waals surface area contributed by atoms with E-state index in [-0.39, 0.29) is 4.90 Å². The smallest absolute Gasteiger partial charge is 0.261 e. The van der Waals surface area contributed by atoms with Gasteiger partial charge < -0.3 is 5.32 Å². The molecule has 31 heavy (non-hydrogen) atoms. The molecule has 0 aliphatic carbocycles. The third-order valence-electron chi connectivity index (χ3n) is 4.63. The van der Waals surface area contributed by atoms with Gasteiger partial charge in [0.25, 0.3) is 10.0 Å². The molecule has 0 aliphatic heterocycles. The summed E-state index contributed by atoms with van der Waals surface area (Å²) < 4.78 is 28.0. The lowest BCUT2D eigenvalue weighted by Crippen LogP contribution is -2.13. The fourth-order valence-electron chi connectivity index (χ4n) is 3.13. The minimum absolute atomic E-state index is 0.218. The molecule has 0 spiro atoms. The number of benzene rings is 3. The Morgan fingerprint density at radius 3 is 2.19 bits per heavy atom. The number of sulfonamides is 1. The first-order valence-electron chi connectivity index (χ1n) is 9.77. The van der Waals surface area contributed by atoms with Crippen molar-refractivity contribution in [3.8, 4) is 11.3 Å². The fraction of sp³-hybridized carbons (Fsp3) is 0.0833. The summed E-state index contributed by atoms with van der Waals surface area (Å²) in [5.74, 6) is 1.27. The predicted molar refractivity (Wildman–Crippen MR) is 124 cm³/mol. The molecule has 0 saturated heterocycles. The molecule has 0 aliphatic rings. The zero-order valence-corrected chi connectivity index (χ0v) is 18.0. The molecule has 0 atom stereocenters. The van der Waals surface area contributed by atoms with Crippen molar-refractivity contribution in [1.82, 2.24) is 9.97 Å². The van der Waals surface area contributed by atoms with E-state index in [1.54, 1.807) is 42.5 Å². The number of nitrogens with zero attached hydrogens (tertiary/aromatic N) is 2. The van der Waals surface area contributed by atoms with Crippen LogP contribution in [0.2, 0.25) is 0 Å². The Morgan fingerprint density at radius 1 is 0.742 bits per heavy atom.